The molecule has 0 atom stereocenters. The summed E-state index contributed by atoms with van der Waals surface area (Å²) in [4.78, 5) is 0. The fourth-order valence-electron chi connectivity index (χ4n) is 1.45. The molecule has 0 fully saturated rings. The van der Waals surface area contributed by atoms with Gasteiger partial charge in [-0.15, -0.1) is 0 Å². The Morgan fingerprint density at radius 3 is 2.55 bits per heavy atom. The molecule has 0 heterocycles. The van der Waals surface area contributed by atoms with Gasteiger partial charge < -0.3 is 14.8 Å². The average Bonchev–Trinajstić information content (AvgIpc) is 2.39. The van der Waals surface area contributed by atoms with Gasteiger partial charge in [0, 0.05) is 12.1 Å². The van der Waals surface area contributed by atoms with Crippen LogP contribution in [-0.2, 0) is 0 Å². The van der Waals surface area contributed by atoms with Gasteiger partial charge in [-0.3, -0.25) is 5.43 Å². The molecule has 0 spiro atoms. The topological polar surface area (TPSA) is 54.9 Å². The fraction of sp³-hybridized carbons (Fsp3) is 0.333. The summed E-state index contributed by atoms with van der Waals surface area (Å²) < 4.78 is 12.2. The molecule has 1 aromatic rings. The van der Waals surface area contributed by atoms with Crippen LogP contribution in [0.1, 0.15) is 12.5 Å². The van der Waals surface area contributed by atoms with Gasteiger partial charge in [-0.05, 0) is 57.1 Å². The van der Waals surface area contributed by atoms with E-state index in [0.717, 1.165) is 16.6 Å². The van der Waals surface area contributed by atoms with Crippen LogP contribution in [-0.4, -0.2) is 32.1 Å². The summed E-state index contributed by atoms with van der Waals surface area (Å²) in [5.74, 6) is 1.29. The highest BCUT2D eigenvalue weighted by atomic mass is 79.9. The third-order valence-electron chi connectivity index (χ3n) is 2.28. The lowest BCUT2D eigenvalue weighted by Gasteiger charge is -2.13. The van der Waals surface area contributed by atoms with Gasteiger partial charge in [0.05, 0.1) is 24.9 Å². The summed E-state index contributed by atoms with van der Waals surface area (Å²) in [6.45, 7) is 2.70. The highest BCUT2D eigenvalue weighted by molar-refractivity contribution is 9.11. The number of benzene rings is 1. The standard InChI is InChI=1S/C12H15Br2N3O2S/c1-4-15-12(20)17-16-6-7-5-8(13)11(19-3)9(14)10(7)18-2/h5-6H,4H2,1-3H3,(H2,15,17,20)/b16-6+. The summed E-state index contributed by atoms with van der Waals surface area (Å²) in [6.07, 6.45) is 1.62. The Bertz CT molecular complexity index is 524. The van der Waals surface area contributed by atoms with Crippen molar-refractivity contribution in [1.82, 2.24) is 10.7 Å². The zero-order valence-corrected chi connectivity index (χ0v) is 15.3. The Labute approximate surface area is 140 Å². The van der Waals surface area contributed by atoms with Crippen molar-refractivity contribution < 1.29 is 9.47 Å². The maximum atomic E-state index is 5.36. The molecule has 0 aliphatic carbocycles. The highest BCUT2D eigenvalue weighted by Crippen LogP contribution is 2.41. The summed E-state index contributed by atoms with van der Waals surface area (Å²) in [6, 6.07) is 1.85. The smallest absolute Gasteiger partial charge is 0.186 e. The van der Waals surface area contributed by atoms with Gasteiger partial charge in [-0.25, -0.2) is 0 Å². The van der Waals surface area contributed by atoms with Crippen molar-refractivity contribution in [3.8, 4) is 11.5 Å². The van der Waals surface area contributed by atoms with Crippen molar-refractivity contribution in [2.75, 3.05) is 20.8 Å². The normalized spacial score (nSPS) is 10.4. The van der Waals surface area contributed by atoms with Crippen molar-refractivity contribution in [2.24, 2.45) is 5.10 Å². The van der Waals surface area contributed by atoms with Gasteiger partial charge >= 0.3 is 0 Å². The van der Waals surface area contributed by atoms with E-state index < -0.39 is 0 Å². The maximum Gasteiger partial charge on any atom is 0.186 e. The van der Waals surface area contributed by atoms with E-state index in [1.54, 1.807) is 20.4 Å². The number of ether oxygens (including phenoxy) is 2. The van der Waals surface area contributed by atoms with Gasteiger partial charge in [0.15, 0.2) is 10.9 Å². The van der Waals surface area contributed by atoms with Gasteiger partial charge in [0.1, 0.15) is 10.2 Å². The molecule has 0 aliphatic heterocycles. The molecule has 0 bridgehead atoms. The van der Waals surface area contributed by atoms with E-state index in [9.17, 15) is 0 Å². The number of methoxy groups -OCH3 is 2. The van der Waals surface area contributed by atoms with Gasteiger partial charge in [0.2, 0.25) is 0 Å². The largest absolute Gasteiger partial charge is 0.495 e. The molecular formula is C12H15Br2N3O2S. The number of hydrogen-bond acceptors (Lipinski definition) is 4. The maximum absolute atomic E-state index is 5.36. The first-order chi connectivity index (χ1) is 9.54. The average molecular weight is 425 g/mol. The molecule has 0 radical (unpaired) electrons. The van der Waals surface area contributed by atoms with E-state index in [1.165, 1.54) is 0 Å². The van der Waals surface area contributed by atoms with Crippen molar-refractivity contribution in [3.05, 3.63) is 20.6 Å². The summed E-state index contributed by atoms with van der Waals surface area (Å²) in [7, 11) is 3.18. The summed E-state index contributed by atoms with van der Waals surface area (Å²) in [5.41, 5.74) is 3.50. The lowest BCUT2D eigenvalue weighted by molar-refractivity contribution is 0.387. The van der Waals surface area contributed by atoms with Crippen LogP contribution in [0.2, 0.25) is 0 Å². The van der Waals surface area contributed by atoms with Crippen LogP contribution in [0.25, 0.3) is 0 Å². The van der Waals surface area contributed by atoms with Crippen molar-refractivity contribution in [1.29, 1.82) is 0 Å². The number of rotatable bonds is 5. The Balaban J connectivity index is 3.01. The predicted molar refractivity (Wildman–Crippen MR) is 92.0 cm³/mol. The van der Waals surface area contributed by atoms with E-state index >= 15 is 0 Å². The number of nitrogens with zero attached hydrogens (tertiary/aromatic N) is 1. The van der Waals surface area contributed by atoms with Crippen LogP contribution in [0, 0.1) is 0 Å². The molecule has 20 heavy (non-hydrogen) atoms. The lowest BCUT2D eigenvalue weighted by Crippen LogP contribution is -2.31. The first-order valence-electron chi connectivity index (χ1n) is 5.72. The predicted octanol–water partition coefficient (Wildman–Crippen LogP) is 3.05. The summed E-state index contributed by atoms with van der Waals surface area (Å²) in [5, 5.41) is 7.47. The molecule has 0 aromatic heterocycles. The number of thiocarbonyl (C=S) groups is 1. The van der Waals surface area contributed by atoms with Gasteiger partial charge in [-0.1, -0.05) is 0 Å². The minimum atomic E-state index is 0.467. The van der Waals surface area contributed by atoms with E-state index in [2.05, 4.69) is 47.7 Å². The van der Waals surface area contributed by atoms with Crippen molar-refractivity contribution >= 4 is 55.4 Å². The number of nitrogens with one attached hydrogen (secondary N) is 2. The van der Waals surface area contributed by atoms with E-state index in [4.69, 9.17) is 21.7 Å². The van der Waals surface area contributed by atoms with Crippen LogP contribution in [0.4, 0.5) is 0 Å². The van der Waals surface area contributed by atoms with Crippen LogP contribution < -0.4 is 20.2 Å². The fourth-order valence-corrected chi connectivity index (χ4v) is 3.29. The van der Waals surface area contributed by atoms with Crippen LogP contribution >= 0.6 is 44.1 Å². The van der Waals surface area contributed by atoms with Gasteiger partial charge in [-0.2, -0.15) is 5.10 Å². The number of hydrazone groups is 1. The minimum Gasteiger partial charge on any atom is -0.495 e. The molecule has 8 heteroatoms. The molecule has 0 aliphatic rings. The van der Waals surface area contributed by atoms with E-state index in [-0.39, 0.29) is 0 Å². The Kier molecular flexibility index (Phi) is 7.25. The first-order valence-corrected chi connectivity index (χ1v) is 7.71. The SMILES string of the molecule is CCNC(=S)N/N=C/c1cc(Br)c(OC)c(Br)c1OC. The second-order valence-electron chi connectivity index (χ2n) is 3.56. The molecule has 110 valence electrons. The lowest BCUT2D eigenvalue weighted by atomic mass is 10.2. The van der Waals surface area contributed by atoms with E-state index in [0.29, 0.717) is 21.1 Å². The zero-order chi connectivity index (χ0) is 15.1. The Morgan fingerprint density at radius 1 is 1.35 bits per heavy atom. The molecule has 5 nitrogen and oxygen atoms in total. The quantitative estimate of drug-likeness (QED) is 0.432. The number of halogens is 2. The molecular weight excluding hydrogens is 410 g/mol. The zero-order valence-electron chi connectivity index (χ0n) is 11.3. The van der Waals surface area contributed by atoms with Crippen molar-refractivity contribution in [3.63, 3.8) is 0 Å². The number of hydrogen-bond donors (Lipinski definition) is 2. The second kappa shape index (κ2) is 8.43. The molecule has 0 unspecified atom stereocenters. The second-order valence-corrected chi connectivity index (χ2v) is 5.61. The molecule has 0 saturated carbocycles. The van der Waals surface area contributed by atoms with Crippen LogP contribution in [0.3, 0.4) is 0 Å². The third-order valence-corrected chi connectivity index (χ3v) is 3.82. The van der Waals surface area contributed by atoms with Crippen molar-refractivity contribution in [2.45, 2.75) is 6.92 Å². The summed E-state index contributed by atoms with van der Waals surface area (Å²) >= 11 is 11.9. The Morgan fingerprint density at radius 2 is 2.00 bits per heavy atom. The minimum absolute atomic E-state index is 0.467. The Hall–Kier alpha value is -0.860. The molecule has 1 rings (SSSR count). The van der Waals surface area contributed by atoms with Crippen LogP contribution in [0.15, 0.2) is 20.1 Å². The molecule has 1 aromatic carbocycles. The molecule has 2 N–H and O–H groups in total. The third kappa shape index (κ3) is 4.32. The highest BCUT2D eigenvalue weighted by Gasteiger charge is 2.15. The monoisotopic (exact) mass is 423 g/mol. The molecule has 0 amide bonds. The van der Waals surface area contributed by atoms with Crippen LogP contribution in [0.5, 0.6) is 11.5 Å². The molecule has 0 saturated heterocycles. The van der Waals surface area contributed by atoms with Gasteiger partial charge in [0.25, 0.3) is 0 Å². The first kappa shape index (κ1) is 17.2. The van der Waals surface area contributed by atoms with E-state index in [1.807, 2.05) is 13.0 Å².